The number of methoxy groups -OCH3 is 1. The average Bonchev–Trinajstić information content (AvgIpc) is 3.56. The number of sulfone groups is 1. The summed E-state index contributed by atoms with van der Waals surface area (Å²) in [6, 6.07) is 5.57. The van der Waals surface area contributed by atoms with Crippen molar-refractivity contribution >= 4 is 38.2 Å². The summed E-state index contributed by atoms with van der Waals surface area (Å²) < 4.78 is 77.5. The van der Waals surface area contributed by atoms with Crippen LogP contribution in [-0.2, 0) is 15.6 Å². The average molecular weight is 608 g/mol. The molecular weight excluding hydrogens is 583 g/mol. The first kappa shape index (κ1) is 28.8. The van der Waals surface area contributed by atoms with Gasteiger partial charge in [0.2, 0.25) is 5.88 Å². The molecule has 0 unspecified atom stereocenters. The maximum Gasteiger partial charge on any atom is 0.269 e. The van der Waals surface area contributed by atoms with Gasteiger partial charge in [-0.15, -0.1) is 0 Å². The number of aromatic nitrogens is 3. The summed E-state index contributed by atoms with van der Waals surface area (Å²) in [5.74, 6) is -5.10. The van der Waals surface area contributed by atoms with Crippen molar-refractivity contribution < 1.29 is 31.1 Å². The van der Waals surface area contributed by atoms with Crippen LogP contribution in [0.5, 0.6) is 5.88 Å². The lowest BCUT2D eigenvalue weighted by molar-refractivity contribution is 0.0940. The first-order valence-electron chi connectivity index (χ1n) is 12.6. The minimum Gasteiger partial charge on any atom is -0.480 e. The Bertz CT molecular complexity index is 1770. The third-order valence-corrected chi connectivity index (χ3v) is 9.02. The maximum atomic E-state index is 15.7. The van der Waals surface area contributed by atoms with Gasteiger partial charge in [-0.3, -0.25) is 9.89 Å². The lowest BCUT2D eigenvalue weighted by Crippen LogP contribution is -2.38. The Morgan fingerprint density at radius 1 is 1.22 bits per heavy atom. The second-order valence-electron chi connectivity index (χ2n) is 9.72. The van der Waals surface area contributed by atoms with E-state index in [0.717, 1.165) is 43.7 Å². The Hall–Kier alpha value is -3.68. The minimum absolute atomic E-state index is 0.0102. The number of carbonyl (C=O) groups is 1. The molecular formula is C27H25ClF3N5O4S. The number of ether oxygens (including phenoxy) is 1. The molecule has 9 nitrogen and oxygen atoms in total. The lowest BCUT2D eigenvalue weighted by atomic mass is 9.99. The number of nitrogens with one attached hydrogen (secondary N) is 2. The highest BCUT2D eigenvalue weighted by atomic mass is 35.5. The molecule has 216 valence electrons. The number of nitrogens with zero attached hydrogens (tertiary/aromatic N) is 3. The van der Waals surface area contributed by atoms with Crippen molar-refractivity contribution in [3.63, 3.8) is 0 Å². The fourth-order valence-corrected chi connectivity index (χ4v) is 6.69. The highest BCUT2D eigenvalue weighted by Crippen LogP contribution is 2.35. The SMILES string of the molecule is COc1ncc(Cl)cc1S(=O)(=O)Cc1ccc(F)c(-c2ccc3c(C(=O)NC[C@H]4CCCN4C)[nH]nc3c2F)c1F. The summed E-state index contributed by atoms with van der Waals surface area (Å²) >= 11 is 5.90. The molecule has 0 saturated carbocycles. The van der Waals surface area contributed by atoms with Gasteiger partial charge in [-0.2, -0.15) is 5.10 Å². The van der Waals surface area contributed by atoms with Crippen LogP contribution in [0, 0.1) is 17.5 Å². The van der Waals surface area contributed by atoms with Crippen LogP contribution in [0.15, 0.2) is 41.4 Å². The van der Waals surface area contributed by atoms with E-state index in [1.807, 2.05) is 7.05 Å². The second kappa shape index (κ2) is 11.3. The van der Waals surface area contributed by atoms with Gasteiger partial charge >= 0.3 is 0 Å². The highest BCUT2D eigenvalue weighted by molar-refractivity contribution is 7.90. The van der Waals surface area contributed by atoms with Gasteiger partial charge in [0.25, 0.3) is 5.91 Å². The minimum atomic E-state index is -4.27. The molecule has 5 rings (SSSR count). The van der Waals surface area contributed by atoms with Crippen molar-refractivity contribution in [1.82, 2.24) is 25.4 Å². The van der Waals surface area contributed by atoms with Crippen LogP contribution in [0.25, 0.3) is 22.0 Å². The summed E-state index contributed by atoms with van der Waals surface area (Å²) in [5, 5.41) is 9.35. The number of aromatic amines is 1. The number of carbonyl (C=O) groups excluding carboxylic acids is 1. The number of pyridine rings is 1. The van der Waals surface area contributed by atoms with Gasteiger partial charge < -0.3 is 15.0 Å². The molecule has 4 aromatic rings. The topological polar surface area (TPSA) is 117 Å². The molecule has 41 heavy (non-hydrogen) atoms. The summed E-state index contributed by atoms with van der Waals surface area (Å²) in [4.78, 5) is 18.4. The third-order valence-electron chi connectivity index (χ3n) is 7.16. The highest BCUT2D eigenvalue weighted by Gasteiger charge is 2.28. The molecule has 0 spiro atoms. The van der Waals surface area contributed by atoms with Crippen LogP contribution in [-0.4, -0.2) is 67.7 Å². The number of benzene rings is 2. The summed E-state index contributed by atoms with van der Waals surface area (Å²) in [6.45, 7) is 1.34. The van der Waals surface area contributed by atoms with E-state index < -0.39 is 55.6 Å². The van der Waals surface area contributed by atoms with Gasteiger partial charge in [-0.05, 0) is 44.6 Å². The number of likely N-dealkylation sites (tertiary alicyclic amines) is 1. The molecule has 2 N–H and O–H groups in total. The molecule has 1 amide bonds. The van der Waals surface area contributed by atoms with Crippen molar-refractivity contribution in [2.45, 2.75) is 29.5 Å². The number of hydrogen-bond acceptors (Lipinski definition) is 7. The monoisotopic (exact) mass is 607 g/mol. The standard InChI is InChI=1S/C27H25ClF3N5O4S/c1-36-9-3-4-16(36)12-32-26(37)25-18-7-6-17(23(31)24(18)34-35-25)21-19(29)8-5-14(22(21)30)13-41(38,39)20-10-15(28)11-33-27(20)40-2/h5-8,10-11,16H,3-4,9,12-13H2,1-2H3,(H,32,37)(H,34,35)/t16-/m1/s1. The molecule has 0 aliphatic carbocycles. The Morgan fingerprint density at radius 3 is 2.71 bits per heavy atom. The van der Waals surface area contributed by atoms with E-state index in [1.165, 1.54) is 19.4 Å². The van der Waals surface area contributed by atoms with Crippen molar-refractivity contribution in [1.29, 1.82) is 0 Å². The van der Waals surface area contributed by atoms with Crippen LogP contribution in [0.2, 0.25) is 5.02 Å². The molecule has 2 aromatic heterocycles. The maximum absolute atomic E-state index is 15.7. The van der Waals surface area contributed by atoms with Gasteiger partial charge in [0.15, 0.2) is 15.7 Å². The molecule has 1 saturated heterocycles. The van der Waals surface area contributed by atoms with Crippen molar-refractivity contribution in [3.05, 3.63) is 70.3 Å². The van der Waals surface area contributed by atoms with E-state index in [2.05, 4.69) is 25.4 Å². The zero-order valence-corrected chi connectivity index (χ0v) is 23.5. The number of hydrogen-bond donors (Lipinski definition) is 2. The van der Waals surface area contributed by atoms with Crippen LogP contribution < -0.4 is 10.1 Å². The first-order chi connectivity index (χ1) is 19.5. The number of amides is 1. The molecule has 0 radical (unpaired) electrons. The van der Waals surface area contributed by atoms with Gasteiger partial charge in [-0.25, -0.2) is 26.6 Å². The molecule has 2 aromatic carbocycles. The van der Waals surface area contributed by atoms with E-state index in [4.69, 9.17) is 16.3 Å². The van der Waals surface area contributed by atoms with E-state index >= 15 is 8.78 Å². The summed E-state index contributed by atoms with van der Waals surface area (Å²) in [6.07, 6.45) is 3.16. The lowest BCUT2D eigenvalue weighted by Gasteiger charge is -2.19. The molecule has 1 aliphatic heterocycles. The number of H-pyrrole nitrogens is 1. The van der Waals surface area contributed by atoms with E-state index in [0.29, 0.717) is 6.54 Å². The molecule has 3 heterocycles. The fourth-order valence-electron chi connectivity index (χ4n) is 4.97. The largest absolute Gasteiger partial charge is 0.480 e. The number of halogens is 4. The van der Waals surface area contributed by atoms with Crippen LogP contribution in [0.4, 0.5) is 13.2 Å². The van der Waals surface area contributed by atoms with Crippen LogP contribution in [0.3, 0.4) is 0 Å². The predicted octanol–water partition coefficient (Wildman–Crippen LogP) is 4.50. The van der Waals surface area contributed by atoms with Gasteiger partial charge in [0, 0.05) is 35.3 Å². The summed E-state index contributed by atoms with van der Waals surface area (Å²) in [5.41, 5.74) is -1.96. The second-order valence-corrected chi connectivity index (χ2v) is 12.1. The quantitative estimate of drug-likeness (QED) is 0.303. The zero-order chi connectivity index (χ0) is 29.5. The molecule has 1 atom stereocenters. The Kier molecular flexibility index (Phi) is 7.95. The van der Waals surface area contributed by atoms with Crippen molar-refractivity contribution in [2.24, 2.45) is 0 Å². The number of likely N-dealkylation sites (N-methyl/N-ethyl adjacent to an activating group) is 1. The van der Waals surface area contributed by atoms with Crippen LogP contribution >= 0.6 is 11.6 Å². The van der Waals surface area contributed by atoms with E-state index in [-0.39, 0.29) is 38.4 Å². The van der Waals surface area contributed by atoms with E-state index in [1.54, 1.807) is 0 Å². The third kappa shape index (κ3) is 5.48. The first-order valence-corrected chi connectivity index (χ1v) is 14.6. The fraction of sp³-hybridized carbons (Fsp3) is 0.296. The van der Waals surface area contributed by atoms with Gasteiger partial charge in [0.1, 0.15) is 27.7 Å². The Balaban J connectivity index is 1.47. The predicted molar refractivity (Wildman–Crippen MR) is 146 cm³/mol. The van der Waals surface area contributed by atoms with Gasteiger partial charge in [0.05, 0.1) is 23.4 Å². The van der Waals surface area contributed by atoms with Gasteiger partial charge in [-0.1, -0.05) is 23.7 Å². The smallest absolute Gasteiger partial charge is 0.269 e. The number of fused-ring (bicyclic) bond motifs is 1. The summed E-state index contributed by atoms with van der Waals surface area (Å²) in [7, 11) is -1.09. The zero-order valence-electron chi connectivity index (χ0n) is 22.0. The molecule has 1 fully saturated rings. The molecule has 1 aliphatic rings. The molecule has 14 heteroatoms. The van der Waals surface area contributed by atoms with Crippen LogP contribution in [0.1, 0.15) is 28.9 Å². The normalized spacial score (nSPS) is 15.9. The Morgan fingerprint density at radius 2 is 2.00 bits per heavy atom. The van der Waals surface area contributed by atoms with Crippen molar-refractivity contribution in [2.75, 3.05) is 27.2 Å². The molecule has 0 bridgehead atoms. The number of rotatable bonds is 8. The van der Waals surface area contributed by atoms with Crippen molar-refractivity contribution in [3.8, 4) is 17.0 Å². The van der Waals surface area contributed by atoms with E-state index in [9.17, 15) is 17.6 Å². The Labute approximate surface area is 238 Å².